The highest BCUT2D eigenvalue weighted by Crippen LogP contribution is 2.28. The van der Waals surface area contributed by atoms with Crippen molar-refractivity contribution in [2.24, 2.45) is 4.99 Å². The number of para-hydroxylation sites is 2. The van der Waals surface area contributed by atoms with Crippen LogP contribution < -0.4 is 14.8 Å². The lowest BCUT2D eigenvalue weighted by molar-refractivity contribution is -0.153. The number of benzene rings is 1. The Labute approximate surface area is 101 Å². The molecular formula is C11H11F3N2O2. The molecule has 0 saturated carbocycles. The topological polar surface area (TPSA) is 42.9 Å². The molecule has 7 heteroatoms. The molecule has 0 spiro atoms. The highest BCUT2D eigenvalue weighted by Gasteiger charge is 2.29. The zero-order chi connectivity index (χ0) is 13.0. The van der Waals surface area contributed by atoms with Crippen LogP contribution in [0, 0.1) is 0 Å². The molecule has 0 bridgehead atoms. The van der Waals surface area contributed by atoms with E-state index in [9.17, 15) is 13.2 Å². The van der Waals surface area contributed by atoms with Crippen molar-refractivity contribution in [3.05, 3.63) is 24.3 Å². The predicted octanol–water partition coefficient (Wildman–Crippen LogP) is 1.97. The minimum absolute atomic E-state index is 0.0335. The molecule has 1 aliphatic heterocycles. The Balaban J connectivity index is 2.05. The van der Waals surface area contributed by atoms with E-state index in [0.717, 1.165) is 0 Å². The number of amidine groups is 1. The summed E-state index contributed by atoms with van der Waals surface area (Å²) < 4.78 is 46.2. The van der Waals surface area contributed by atoms with E-state index < -0.39 is 12.8 Å². The maximum Gasteiger partial charge on any atom is 0.422 e. The van der Waals surface area contributed by atoms with Crippen molar-refractivity contribution in [2.75, 3.05) is 19.7 Å². The van der Waals surface area contributed by atoms with Gasteiger partial charge in [-0.25, -0.2) is 4.99 Å². The van der Waals surface area contributed by atoms with Crippen LogP contribution in [-0.4, -0.2) is 31.9 Å². The van der Waals surface area contributed by atoms with Crippen molar-refractivity contribution in [2.45, 2.75) is 6.18 Å². The van der Waals surface area contributed by atoms with Crippen molar-refractivity contribution in [1.29, 1.82) is 0 Å². The van der Waals surface area contributed by atoms with Gasteiger partial charge >= 0.3 is 6.18 Å². The van der Waals surface area contributed by atoms with Crippen molar-refractivity contribution in [3.8, 4) is 11.5 Å². The number of hydrogen-bond acceptors (Lipinski definition) is 4. The Kier molecular flexibility index (Phi) is 3.59. The average Bonchev–Trinajstić information content (AvgIpc) is 2.80. The lowest BCUT2D eigenvalue weighted by atomic mass is 10.3. The summed E-state index contributed by atoms with van der Waals surface area (Å²) in [5.41, 5.74) is 0. The summed E-state index contributed by atoms with van der Waals surface area (Å²) in [7, 11) is 0. The second-order valence-corrected chi connectivity index (χ2v) is 3.57. The van der Waals surface area contributed by atoms with Crippen molar-refractivity contribution in [3.63, 3.8) is 0 Å². The van der Waals surface area contributed by atoms with Gasteiger partial charge in [0.05, 0.1) is 6.54 Å². The molecule has 0 amide bonds. The summed E-state index contributed by atoms with van der Waals surface area (Å²) in [6, 6.07) is 6.44. The van der Waals surface area contributed by atoms with E-state index in [-0.39, 0.29) is 17.5 Å². The van der Waals surface area contributed by atoms with Gasteiger partial charge in [-0.15, -0.1) is 0 Å². The Morgan fingerprint density at radius 2 is 1.94 bits per heavy atom. The standard InChI is InChI=1S/C11H11F3N2O2/c12-11(13,14)7-17-8-3-1-2-4-9(8)18-10-15-5-6-16-10/h1-4H,5-7H2,(H,15,16). The van der Waals surface area contributed by atoms with Crippen molar-refractivity contribution in [1.82, 2.24) is 5.32 Å². The lowest BCUT2D eigenvalue weighted by Gasteiger charge is -2.13. The summed E-state index contributed by atoms with van der Waals surface area (Å²) in [4.78, 5) is 3.99. The van der Waals surface area contributed by atoms with E-state index >= 15 is 0 Å². The summed E-state index contributed by atoms with van der Waals surface area (Å²) >= 11 is 0. The number of ether oxygens (including phenoxy) is 2. The summed E-state index contributed by atoms with van der Waals surface area (Å²) in [6.45, 7) is -0.116. The van der Waals surface area contributed by atoms with Crippen LogP contribution in [0.4, 0.5) is 13.2 Å². The first-order chi connectivity index (χ1) is 8.54. The van der Waals surface area contributed by atoms with Crippen LogP contribution in [0.3, 0.4) is 0 Å². The van der Waals surface area contributed by atoms with Crippen molar-refractivity contribution >= 4 is 6.02 Å². The van der Waals surface area contributed by atoms with Crippen LogP contribution >= 0.6 is 0 Å². The van der Waals surface area contributed by atoms with Crippen molar-refractivity contribution < 1.29 is 22.6 Å². The third-order valence-corrected chi connectivity index (χ3v) is 2.09. The summed E-state index contributed by atoms with van der Waals surface area (Å²) in [5.74, 6) is 0.237. The Morgan fingerprint density at radius 1 is 1.22 bits per heavy atom. The number of hydrogen-bond donors (Lipinski definition) is 1. The molecule has 4 nitrogen and oxygen atoms in total. The second kappa shape index (κ2) is 5.16. The molecule has 1 heterocycles. The SMILES string of the molecule is FC(F)(F)COc1ccccc1OC1=NCCN1. The number of nitrogens with zero attached hydrogens (tertiary/aromatic N) is 1. The monoisotopic (exact) mass is 260 g/mol. The van der Waals surface area contributed by atoms with Gasteiger partial charge in [0.2, 0.25) is 0 Å². The van der Waals surface area contributed by atoms with Crippen LogP contribution in [-0.2, 0) is 0 Å². The molecular weight excluding hydrogens is 249 g/mol. The zero-order valence-corrected chi connectivity index (χ0v) is 9.33. The molecule has 0 fully saturated rings. The smallest absolute Gasteiger partial charge is 0.422 e. The zero-order valence-electron chi connectivity index (χ0n) is 9.33. The maximum atomic E-state index is 12.1. The van der Waals surface area contributed by atoms with Gasteiger partial charge in [-0.2, -0.15) is 13.2 Å². The lowest BCUT2D eigenvalue weighted by Crippen LogP contribution is -2.24. The molecule has 18 heavy (non-hydrogen) atoms. The largest absolute Gasteiger partial charge is 0.480 e. The van der Waals surface area contributed by atoms with Gasteiger partial charge < -0.3 is 14.8 Å². The highest BCUT2D eigenvalue weighted by molar-refractivity contribution is 5.78. The summed E-state index contributed by atoms with van der Waals surface area (Å²) in [5, 5.41) is 2.85. The van der Waals surface area contributed by atoms with Crippen LogP contribution in [0.1, 0.15) is 0 Å². The number of aliphatic imine (C=N–C) groups is 1. The number of halogens is 3. The molecule has 1 aliphatic rings. The molecule has 0 aliphatic carbocycles. The molecule has 0 aromatic heterocycles. The van der Waals surface area contributed by atoms with Crippen LogP contribution in [0.25, 0.3) is 0 Å². The fourth-order valence-corrected chi connectivity index (χ4v) is 1.36. The number of nitrogens with one attached hydrogen (secondary N) is 1. The molecule has 0 radical (unpaired) electrons. The van der Waals surface area contributed by atoms with Gasteiger partial charge in [0.25, 0.3) is 6.02 Å². The third kappa shape index (κ3) is 3.54. The van der Waals surface area contributed by atoms with Crippen LogP contribution in [0.15, 0.2) is 29.3 Å². The fraction of sp³-hybridized carbons (Fsp3) is 0.364. The maximum absolute atomic E-state index is 12.1. The highest BCUT2D eigenvalue weighted by atomic mass is 19.4. The first-order valence-electron chi connectivity index (χ1n) is 5.29. The minimum atomic E-state index is -4.38. The van der Waals surface area contributed by atoms with E-state index in [1.807, 2.05) is 0 Å². The normalized spacial score (nSPS) is 14.9. The molecule has 0 saturated heterocycles. The Bertz CT molecular complexity index is 446. The molecule has 1 aromatic rings. The first kappa shape index (κ1) is 12.5. The third-order valence-electron chi connectivity index (χ3n) is 2.09. The van der Waals surface area contributed by atoms with Crippen LogP contribution in [0.2, 0.25) is 0 Å². The second-order valence-electron chi connectivity index (χ2n) is 3.57. The van der Waals surface area contributed by atoms with E-state index in [0.29, 0.717) is 13.1 Å². The molecule has 0 atom stereocenters. The Hall–Kier alpha value is -1.92. The quantitative estimate of drug-likeness (QED) is 0.903. The van der Waals surface area contributed by atoms with E-state index in [4.69, 9.17) is 4.74 Å². The van der Waals surface area contributed by atoms with Gasteiger partial charge in [-0.1, -0.05) is 12.1 Å². The predicted molar refractivity (Wildman–Crippen MR) is 58.9 cm³/mol. The van der Waals surface area contributed by atoms with Gasteiger partial charge in [0.1, 0.15) is 0 Å². The van der Waals surface area contributed by atoms with Gasteiger partial charge in [0.15, 0.2) is 18.1 Å². The molecule has 1 aromatic carbocycles. The fourth-order valence-electron chi connectivity index (χ4n) is 1.36. The first-order valence-corrected chi connectivity index (χ1v) is 5.29. The average molecular weight is 260 g/mol. The molecule has 1 N–H and O–H groups in total. The Morgan fingerprint density at radius 3 is 2.56 bits per heavy atom. The van der Waals surface area contributed by atoms with Gasteiger partial charge in [0, 0.05) is 6.54 Å². The van der Waals surface area contributed by atoms with Gasteiger partial charge in [-0.05, 0) is 12.1 Å². The molecule has 2 rings (SSSR count). The van der Waals surface area contributed by atoms with Gasteiger partial charge in [-0.3, -0.25) is 0 Å². The van der Waals surface area contributed by atoms with E-state index in [1.54, 1.807) is 12.1 Å². The number of alkyl halides is 3. The molecule has 98 valence electrons. The summed E-state index contributed by atoms with van der Waals surface area (Å²) in [6.07, 6.45) is -4.38. The number of rotatable bonds is 3. The van der Waals surface area contributed by atoms with Crippen LogP contribution in [0.5, 0.6) is 11.5 Å². The van der Waals surface area contributed by atoms with E-state index in [2.05, 4.69) is 15.0 Å². The van der Waals surface area contributed by atoms with E-state index in [1.165, 1.54) is 12.1 Å². The molecule has 0 unspecified atom stereocenters. The minimum Gasteiger partial charge on any atom is -0.480 e.